The van der Waals surface area contributed by atoms with Crippen LogP contribution in [-0.4, -0.2) is 50.8 Å². The van der Waals surface area contributed by atoms with E-state index in [1.54, 1.807) is 12.3 Å². The zero-order chi connectivity index (χ0) is 23.9. The first-order chi connectivity index (χ1) is 16.3. The monoisotopic (exact) mass is 496 g/mol. The maximum atomic E-state index is 13.2. The number of hydrogen-bond acceptors (Lipinski definition) is 7. The first kappa shape index (κ1) is 22.7. The van der Waals surface area contributed by atoms with Gasteiger partial charge in [0.1, 0.15) is 0 Å². The molecule has 1 atom stereocenters. The summed E-state index contributed by atoms with van der Waals surface area (Å²) in [5.41, 5.74) is 3.20. The number of sulfone groups is 1. The molecule has 0 spiro atoms. The van der Waals surface area contributed by atoms with Gasteiger partial charge in [-0.1, -0.05) is 30.0 Å². The van der Waals surface area contributed by atoms with E-state index >= 15 is 0 Å². The van der Waals surface area contributed by atoms with Crippen molar-refractivity contribution in [1.82, 2.24) is 19.3 Å². The quantitative estimate of drug-likeness (QED) is 0.278. The number of hydrogen-bond donors (Lipinski definition) is 0. The van der Waals surface area contributed by atoms with Crippen LogP contribution in [0.1, 0.15) is 34.2 Å². The largest absolute Gasteiger partial charge is 0.461 e. The highest BCUT2D eigenvalue weighted by Crippen LogP contribution is 2.31. The van der Waals surface area contributed by atoms with Crippen molar-refractivity contribution < 1.29 is 17.6 Å². The van der Waals surface area contributed by atoms with E-state index in [-0.39, 0.29) is 29.1 Å². The molecule has 1 aliphatic rings. The van der Waals surface area contributed by atoms with E-state index in [0.717, 1.165) is 17.1 Å². The lowest BCUT2D eigenvalue weighted by atomic mass is 10.2. The molecule has 0 amide bonds. The molecule has 4 aromatic rings. The normalized spacial score (nSPS) is 17.3. The van der Waals surface area contributed by atoms with Gasteiger partial charge in [-0.15, -0.1) is 10.2 Å². The zero-order valence-corrected chi connectivity index (χ0v) is 20.5. The molecule has 0 saturated carbocycles. The summed E-state index contributed by atoms with van der Waals surface area (Å²) >= 11 is 1.31. The minimum atomic E-state index is -3.02. The van der Waals surface area contributed by atoms with E-state index < -0.39 is 9.84 Å². The molecule has 34 heavy (non-hydrogen) atoms. The fourth-order valence-electron chi connectivity index (χ4n) is 4.55. The molecule has 1 aliphatic heterocycles. The van der Waals surface area contributed by atoms with Gasteiger partial charge in [0.25, 0.3) is 0 Å². The highest BCUT2D eigenvalue weighted by Gasteiger charge is 2.31. The van der Waals surface area contributed by atoms with Crippen LogP contribution in [0.15, 0.2) is 64.4 Å². The van der Waals surface area contributed by atoms with Gasteiger partial charge in [-0.2, -0.15) is 0 Å². The maximum Gasteiger partial charge on any atom is 0.205 e. The Labute approximate surface area is 201 Å². The Kier molecular flexibility index (Phi) is 5.95. The van der Waals surface area contributed by atoms with E-state index in [1.165, 1.54) is 11.8 Å². The number of Topliss-reactive ketones (excluding diaryl/α,β-unsaturated/α-hetero) is 1. The number of thioether (sulfide) groups is 1. The average molecular weight is 497 g/mol. The lowest BCUT2D eigenvalue weighted by Gasteiger charge is -2.16. The number of rotatable bonds is 7. The molecular formula is C24H24N4O4S2. The number of ketones is 1. The van der Waals surface area contributed by atoms with Crippen molar-refractivity contribution in [2.24, 2.45) is 0 Å². The van der Waals surface area contributed by atoms with Gasteiger partial charge in [-0.05, 0) is 50.6 Å². The molecule has 0 bridgehead atoms. The van der Waals surface area contributed by atoms with E-state index in [1.807, 2.05) is 65.4 Å². The number of benzene rings is 1. The van der Waals surface area contributed by atoms with Gasteiger partial charge in [0.15, 0.2) is 26.5 Å². The second kappa shape index (κ2) is 8.92. The molecule has 10 heteroatoms. The van der Waals surface area contributed by atoms with Crippen LogP contribution >= 0.6 is 11.8 Å². The third-order valence-electron chi connectivity index (χ3n) is 6.08. The van der Waals surface area contributed by atoms with Crippen LogP contribution in [0.25, 0.3) is 17.3 Å². The zero-order valence-electron chi connectivity index (χ0n) is 18.8. The Morgan fingerprint density at radius 1 is 1.15 bits per heavy atom. The summed E-state index contributed by atoms with van der Waals surface area (Å²) in [6.07, 6.45) is 2.16. The third-order valence-corrected chi connectivity index (χ3v) is 8.76. The number of furan rings is 1. The number of aryl methyl sites for hydroxylation is 1. The van der Waals surface area contributed by atoms with Crippen LogP contribution in [-0.2, 0) is 9.84 Å². The van der Waals surface area contributed by atoms with E-state index in [0.29, 0.717) is 28.7 Å². The molecule has 1 saturated heterocycles. The van der Waals surface area contributed by atoms with Crippen molar-refractivity contribution in [1.29, 1.82) is 0 Å². The molecule has 0 N–H and O–H groups in total. The lowest BCUT2D eigenvalue weighted by molar-refractivity contribution is 0.102. The van der Waals surface area contributed by atoms with Crippen LogP contribution in [0.5, 0.6) is 0 Å². The molecular weight excluding hydrogens is 472 g/mol. The summed E-state index contributed by atoms with van der Waals surface area (Å²) < 4.78 is 33.4. The standard InChI is InChI=1S/C24H24N4O4S2/c1-16-13-20(17(2)27(16)19-10-12-34(30,31)15-19)21(29)14-33-24-26-25-23(22-9-6-11-32-22)28(24)18-7-4-3-5-8-18/h3-9,11,13,19H,10,12,14-15H2,1-2H3. The van der Waals surface area contributed by atoms with Crippen LogP contribution in [0.4, 0.5) is 0 Å². The predicted molar refractivity (Wildman–Crippen MR) is 130 cm³/mol. The van der Waals surface area contributed by atoms with Gasteiger partial charge >= 0.3 is 0 Å². The smallest absolute Gasteiger partial charge is 0.205 e. The second-order valence-corrected chi connectivity index (χ2v) is 11.5. The van der Waals surface area contributed by atoms with Crippen LogP contribution in [0.2, 0.25) is 0 Å². The first-order valence-corrected chi connectivity index (χ1v) is 13.7. The molecule has 8 nitrogen and oxygen atoms in total. The Morgan fingerprint density at radius 2 is 1.94 bits per heavy atom. The number of aromatic nitrogens is 4. The Balaban J connectivity index is 1.40. The van der Waals surface area contributed by atoms with Crippen molar-refractivity contribution in [2.45, 2.75) is 31.5 Å². The summed E-state index contributed by atoms with van der Waals surface area (Å²) in [5, 5.41) is 9.23. The molecule has 1 unspecified atom stereocenters. The van der Waals surface area contributed by atoms with Crippen molar-refractivity contribution in [3.05, 3.63) is 71.7 Å². The van der Waals surface area contributed by atoms with E-state index in [2.05, 4.69) is 10.2 Å². The van der Waals surface area contributed by atoms with Gasteiger partial charge in [0, 0.05) is 28.7 Å². The Bertz CT molecular complexity index is 1440. The lowest BCUT2D eigenvalue weighted by Crippen LogP contribution is -2.14. The minimum Gasteiger partial charge on any atom is -0.461 e. The van der Waals surface area contributed by atoms with Gasteiger partial charge in [0.05, 0.1) is 23.5 Å². The molecule has 4 heterocycles. The fourth-order valence-corrected chi connectivity index (χ4v) is 7.08. The molecule has 0 aliphatic carbocycles. The van der Waals surface area contributed by atoms with Crippen molar-refractivity contribution in [3.8, 4) is 17.3 Å². The summed E-state index contributed by atoms with van der Waals surface area (Å²) in [5.74, 6) is 1.61. The van der Waals surface area contributed by atoms with Crippen LogP contribution < -0.4 is 0 Å². The van der Waals surface area contributed by atoms with Crippen molar-refractivity contribution in [2.75, 3.05) is 17.3 Å². The summed E-state index contributed by atoms with van der Waals surface area (Å²) in [4.78, 5) is 13.2. The fraction of sp³-hybridized carbons (Fsp3) is 0.292. The number of carbonyl (C=O) groups is 1. The van der Waals surface area contributed by atoms with Gasteiger partial charge < -0.3 is 8.98 Å². The highest BCUT2D eigenvalue weighted by molar-refractivity contribution is 7.99. The molecule has 5 rings (SSSR count). The predicted octanol–water partition coefficient (Wildman–Crippen LogP) is 4.28. The summed E-state index contributed by atoms with van der Waals surface area (Å²) in [6.45, 7) is 3.81. The molecule has 3 aromatic heterocycles. The van der Waals surface area contributed by atoms with Crippen molar-refractivity contribution in [3.63, 3.8) is 0 Å². The summed E-state index contributed by atoms with van der Waals surface area (Å²) in [6, 6.07) is 15.0. The van der Waals surface area contributed by atoms with Crippen LogP contribution in [0.3, 0.4) is 0 Å². The SMILES string of the molecule is Cc1cc(C(=O)CSc2nnc(-c3ccco3)n2-c2ccccc2)c(C)n1C1CCS(=O)(=O)C1. The second-order valence-electron chi connectivity index (χ2n) is 8.38. The summed E-state index contributed by atoms with van der Waals surface area (Å²) in [7, 11) is -3.02. The minimum absolute atomic E-state index is 0.0348. The number of para-hydroxylation sites is 1. The molecule has 1 aromatic carbocycles. The molecule has 176 valence electrons. The molecule has 0 radical (unpaired) electrons. The number of nitrogens with zero attached hydrogens (tertiary/aromatic N) is 4. The van der Waals surface area contributed by atoms with E-state index in [9.17, 15) is 13.2 Å². The van der Waals surface area contributed by atoms with Crippen molar-refractivity contribution >= 4 is 27.4 Å². The maximum absolute atomic E-state index is 13.2. The van der Waals surface area contributed by atoms with E-state index in [4.69, 9.17) is 4.42 Å². The number of carbonyl (C=O) groups excluding carboxylic acids is 1. The highest BCUT2D eigenvalue weighted by atomic mass is 32.2. The average Bonchev–Trinajstić information content (AvgIpc) is 3.59. The van der Waals surface area contributed by atoms with Gasteiger partial charge in [-0.25, -0.2) is 8.42 Å². The Hall–Kier alpha value is -3.11. The third kappa shape index (κ3) is 4.23. The molecule has 1 fully saturated rings. The van der Waals surface area contributed by atoms with Crippen LogP contribution in [0, 0.1) is 13.8 Å². The van der Waals surface area contributed by atoms with Gasteiger partial charge in [-0.3, -0.25) is 9.36 Å². The van der Waals surface area contributed by atoms with Gasteiger partial charge in [0.2, 0.25) is 5.82 Å². The topological polar surface area (TPSA) is 100.0 Å². The first-order valence-electron chi connectivity index (χ1n) is 10.9. The Morgan fingerprint density at radius 3 is 2.62 bits per heavy atom.